The Hall–Kier alpha value is -2.01. The fourth-order valence-electron chi connectivity index (χ4n) is 1.72. The predicted molar refractivity (Wildman–Crippen MR) is 71.8 cm³/mol. The van der Waals surface area contributed by atoms with E-state index in [1.807, 2.05) is 0 Å². The van der Waals surface area contributed by atoms with Crippen LogP contribution in [0, 0.1) is 13.8 Å². The number of rotatable bonds is 3. The summed E-state index contributed by atoms with van der Waals surface area (Å²) in [6.07, 6.45) is 0. The minimum Gasteiger partial charge on any atom is -0.508 e. The molecule has 0 unspecified atom stereocenters. The monoisotopic (exact) mass is 278 g/mol. The van der Waals surface area contributed by atoms with E-state index in [0.717, 1.165) is 11.1 Å². The van der Waals surface area contributed by atoms with Crippen LogP contribution in [0.3, 0.4) is 0 Å². The zero-order valence-corrected chi connectivity index (χ0v) is 11.4. The third-order valence-electron chi connectivity index (χ3n) is 2.52. The van der Waals surface area contributed by atoms with Gasteiger partial charge in [0, 0.05) is 6.07 Å². The Morgan fingerprint density at radius 2 is 1.74 bits per heavy atom. The molecule has 2 aromatic rings. The summed E-state index contributed by atoms with van der Waals surface area (Å²) >= 11 is 0. The number of benzene rings is 2. The number of aryl methyl sites for hydroxylation is 2. The second-order valence-electron chi connectivity index (χ2n) is 4.36. The minimum atomic E-state index is -3.88. The molecule has 2 rings (SSSR count). The molecule has 19 heavy (non-hydrogen) atoms. The van der Waals surface area contributed by atoms with Crippen molar-refractivity contribution in [3.8, 4) is 11.5 Å². The van der Waals surface area contributed by atoms with Gasteiger partial charge in [-0.3, -0.25) is 0 Å². The second kappa shape index (κ2) is 4.93. The van der Waals surface area contributed by atoms with Crippen molar-refractivity contribution in [1.82, 2.24) is 0 Å². The highest BCUT2D eigenvalue weighted by molar-refractivity contribution is 7.87. The van der Waals surface area contributed by atoms with Crippen molar-refractivity contribution in [1.29, 1.82) is 0 Å². The van der Waals surface area contributed by atoms with Crippen LogP contribution in [-0.4, -0.2) is 13.5 Å². The van der Waals surface area contributed by atoms with Crippen molar-refractivity contribution in [2.75, 3.05) is 0 Å². The summed E-state index contributed by atoms with van der Waals surface area (Å²) in [4.78, 5) is 0.0912. The molecule has 0 bridgehead atoms. The standard InChI is InChI=1S/C14H14O4S/c1-10-4-3-5-14(8-10)19(16,17)18-13-7-11(2)6-12(15)9-13/h3-9,15H,1-2H3. The van der Waals surface area contributed by atoms with Crippen LogP contribution in [0.5, 0.6) is 11.5 Å². The van der Waals surface area contributed by atoms with Gasteiger partial charge in [0.15, 0.2) is 0 Å². The smallest absolute Gasteiger partial charge is 0.339 e. The minimum absolute atomic E-state index is 0.0329. The molecule has 0 aliphatic heterocycles. The van der Waals surface area contributed by atoms with Gasteiger partial charge in [-0.25, -0.2) is 0 Å². The van der Waals surface area contributed by atoms with E-state index in [1.54, 1.807) is 32.0 Å². The fraction of sp³-hybridized carbons (Fsp3) is 0.143. The molecule has 4 nitrogen and oxygen atoms in total. The third-order valence-corrected chi connectivity index (χ3v) is 3.76. The Morgan fingerprint density at radius 3 is 2.37 bits per heavy atom. The highest BCUT2D eigenvalue weighted by Crippen LogP contribution is 2.24. The summed E-state index contributed by atoms with van der Waals surface area (Å²) < 4.78 is 29.2. The van der Waals surface area contributed by atoms with Crippen LogP contribution in [-0.2, 0) is 10.1 Å². The SMILES string of the molecule is Cc1cc(O)cc(OS(=O)(=O)c2cccc(C)c2)c1. The van der Waals surface area contributed by atoms with Crippen LogP contribution in [0.25, 0.3) is 0 Å². The van der Waals surface area contributed by atoms with E-state index >= 15 is 0 Å². The summed E-state index contributed by atoms with van der Waals surface area (Å²) in [5.74, 6) is 0.0634. The van der Waals surface area contributed by atoms with Crippen molar-refractivity contribution >= 4 is 10.1 Å². The van der Waals surface area contributed by atoms with Gasteiger partial charge in [0.05, 0.1) is 0 Å². The van der Waals surface area contributed by atoms with Gasteiger partial charge in [-0.15, -0.1) is 0 Å². The maximum Gasteiger partial charge on any atom is 0.339 e. The van der Waals surface area contributed by atoms with Crippen molar-refractivity contribution in [3.63, 3.8) is 0 Å². The third kappa shape index (κ3) is 3.26. The number of phenolic OH excluding ortho intramolecular Hbond substituents is 1. The van der Waals surface area contributed by atoms with E-state index in [1.165, 1.54) is 24.3 Å². The van der Waals surface area contributed by atoms with E-state index in [0.29, 0.717) is 0 Å². The van der Waals surface area contributed by atoms with Gasteiger partial charge in [0.25, 0.3) is 0 Å². The molecular weight excluding hydrogens is 264 g/mol. The summed E-state index contributed by atoms with van der Waals surface area (Å²) in [6, 6.07) is 10.8. The highest BCUT2D eigenvalue weighted by Gasteiger charge is 2.17. The molecule has 0 aromatic heterocycles. The molecular formula is C14H14O4S. The predicted octanol–water partition coefficient (Wildman–Crippen LogP) is 2.78. The molecule has 5 heteroatoms. The van der Waals surface area contributed by atoms with Crippen LogP contribution < -0.4 is 4.18 Å². The first-order chi connectivity index (χ1) is 8.87. The molecule has 0 radical (unpaired) electrons. The van der Waals surface area contributed by atoms with Crippen molar-refractivity contribution in [2.45, 2.75) is 18.7 Å². The van der Waals surface area contributed by atoms with Crippen LogP contribution in [0.4, 0.5) is 0 Å². The summed E-state index contributed by atoms with van der Waals surface area (Å²) in [5, 5.41) is 9.43. The maximum absolute atomic E-state index is 12.1. The van der Waals surface area contributed by atoms with Crippen LogP contribution in [0.2, 0.25) is 0 Å². The molecule has 0 atom stereocenters. The Bertz CT molecular complexity index is 685. The van der Waals surface area contributed by atoms with Crippen molar-refractivity contribution in [3.05, 3.63) is 53.6 Å². The summed E-state index contributed by atoms with van der Waals surface area (Å²) in [5.41, 5.74) is 1.55. The Labute approximate surface area is 112 Å². The van der Waals surface area contributed by atoms with E-state index in [-0.39, 0.29) is 16.4 Å². The Morgan fingerprint density at radius 1 is 1.00 bits per heavy atom. The van der Waals surface area contributed by atoms with Crippen molar-refractivity contribution < 1.29 is 17.7 Å². The molecule has 0 aliphatic carbocycles. The normalized spacial score (nSPS) is 11.3. The Kier molecular flexibility index (Phi) is 3.48. The lowest BCUT2D eigenvalue weighted by atomic mass is 10.2. The first-order valence-corrected chi connectivity index (χ1v) is 7.09. The average Bonchev–Trinajstić information content (AvgIpc) is 2.26. The van der Waals surface area contributed by atoms with E-state index in [9.17, 15) is 13.5 Å². The molecule has 0 spiro atoms. The topological polar surface area (TPSA) is 63.6 Å². The lowest BCUT2D eigenvalue weighted by molar-refractivity contribution is 0.463. The average molecular weight is 278 g/mol. The zero-order valence-electron chi connectivity index (χ0n) is 10.6. The van der Waals surface area contributed by atoms with Crippen LogP contribution in [0.15, 0.2) is 47.4 Å². The molecule has 0 saturated carbocycles. The number of hydrogen-bond acceptors (Lipinski definition) is 4. The van der Waals surface area contributed by atoms with Crippen LogP contribution in [0.1, 0.15) is 11.1 Å². The molecule has 1 N–H and O–H groups in total. The second-order valence-corrected chi connectivity index (χ2v) is 5.90. The van der Waals surface area contributed by atoms with Gasteiger partial charge >= 0.3 is 10.1 Å². The van der Waals surface area contributed by atoms with E-state index in [4.69, 9.17) is 4.18 Å². The number of hydrogen-bond donors (Lipinski definition) is 1. The first kappa shape index (κ1) is 13.4. The molecule has 100 valence electrons. The van der Waals surface area contributed by atoms with Crippen LogP contribution >= 0.6 is 0 Å². The molecule has 0 amide bonds. The van der Waals surface area contributed by atoms with Gasteiger partial charge in [-0.1, -0.05) is 12.1 Å². The van der Waals surface area contributed by atoms with Gasteiger partial charge < -0.3 is 9.29 Å². The first-order valence-electron chi connectivity index (χ1n) is 5.69. The quantitative estimate of drug-likeness (QED) is 0.877. The van der Waals surface area contributed by atoms with E-state index < -0.39 is 10.1 Å². The molecule has 0 saturated heterocycles. The van der Waals surface area contributed by atoms with Gasteiger partial charge in [0.1, 0.15) is 16.4 Å². The number of aromatic hydroxyl groups is 1. The maximum atomic E-state index is 12.1. The Balaban J connectivity index is 2.36. The lowest BCUT2D eigenvalue weighted by Gasteiger charge is -2.08. The number of phenols is 1. The zero-order chi connectivity index (χ0) is 14.0. The van der Waals surface area contributed by atoms with E-state index in [2.05, 4.69) is 0 Å². The molecule has 0 heterocycles. The summed E-state index contributed by atoms with van der Waals surface area (Å²) in [6.45, 7) is 3.55. The van der Waals surface area contributed by atoms with Gasteiger partial charge in [-0.2, -0.15) is 8.42 Å². The molecule has 0 fully saturated rings. The summed E-state index contributed by atoms with van der Waals surface area (Å²) in [7, 11) is -3.88. The van der Waals surface area contributed by atoms with Gasteiger partial charge in [-0.05, 0) is 49.2 Å². The highest BCUT2D eigenvalue weighted by atomic mass is 32.2. The largest absolute Gasteiger partial charge is 0.508 e. The molecule has 0 aliphatic rings. The fourth-order valence-corrected chi connectivity index (χ4v) is 2.74. The molecule has 2 aromatic carbocycles. The van der Waals surface area contributed by atoms with Crippen molar-refractivity contribution in [2.24, 2.45) is 0 Å². The lowest BCUT2D eigenvalue weighted by Crippen LogP contribution is -2.09. The van der Waals surface area contributed by atoms with Gasteiger partial charge in [0.2, 0.25) is 0 Å².